The lowest BCUT2D eigenvalue weighted by molar-refractivity contribution is 0.0447. The minimum absolute atomic E-state index is 0.0507. The molecule has 1 aromatic rings. The van der Waals surface area contributed by atoms with Crippen molar-refractivity contribution < 1.29 is 9.90 Å². The van der Waals surface area contributed by atoms with Crippen molar-refractivity contribution in [2.75, 3.05) is 37.8 Å². The Balaban J connectivity index is 2.39. The number of rotatable bonds is 2. The van der Waals surface area contributed by atoms with E-state index in [0.717, 1.165) is 25.1 Å². The van der Waals surface area contributed by atoms with Crippen LogP contribution in [0.15, 0.2) is 18.2 Å². The van der Waals surface area contributed by atoms with Crippen molar-refractivity contribution in [3.8, 4) is 0 Å². The molecule has 1 atom stereocenters. The maximum atomic E-state index is 12.3. The molecule has 1 aliphatic heterocycles. The molecule has 1 unspecified atom stereocenters. The second-order valence-corrected chi connectivity index (χ2v) is 6.00. The third kappa shape index (κ3) is 3.04. The predicted molar refractivity (Wildman–Crippen MR) is 80.9 cm³/mol. The molecule has 2 rings (SSSR count). The molecule has 1 amide bonds. The van der Waals surface area contributed by atoms with E-state index in [1.165, 1.54) is 0 Å². The first-order chi connectivity index (χ1) is 9.30. The molecule has 5 heteroatoms. The SMILES string of the molecule is CN(C)C(=O)c1ccc(N)cc1N1CCCC(C)(O)C1. The lowest BCUT2D eigenvalue weighted by Gasteiger charge is -2.39. The number of nitrogens with zero attached hydrogens (tertiary/aromatic N) is 2. The van der Waals surface area contributed by atoms with Gasteiger partial charge < -0.3 is 20.6 Å². The predicted octanol–water partition coefficient (Wildman–Crippen LogP) is 1.32. The Morgan fingerprint density at radius 2 is 2.15 bits per heavy atom. The number of hydrogen-bond donors (Lipinski definition) is 2. The highest BCUT2D eigenvalue weighted by Gasteiger charge is 2.30. The molecule has 1 fully saturated rings. The van der Waals surface area contributed by atoms with E-state index in [0.29, 0.717) is 17.8 Å². The van der Waals surface area contributed by atoms with Crippen molar-refractivity contribution >= 4 is 17.3 Å². The topological polar surface area (TPSA) is 69.8 Å². The van der Waals surface area contributed by atoms with Gasteiger partial charge in [-0.25, -0.2) is 0 Å². The van der Waals surface area contributed by atoms with Gasteiger partial charge in [-0.05, 0) is 38.0 Å². The Kier molecular flexibility index (Phi) is 3.90. The highest BCUT2D eigenvalue weighted by molar-refractivity contribution is 6.00. The van der Waals surface area contributed by atoms with Crippen molar-refractivity contribution in [1.29, 1.82) is 0 Å². The van der Waals surface area contributed by atoms with Crippen molar-refractivity contribution in [2.45, 2.75) is 25.4 Å². The number of carbonyl (C=O) groups excluding carboxylic acids is 1. The van der Waals surface area contributed by atoms with Crippen molar-refractivity contribution in [1.82, 2.24) is 4.90 Å². The fourth-order valence-corrected chi connectivity index (χ4v) is 2.66. The van der Waals surface area contributed by atoms with E-state index < -0.39 is 5.60 Å². The normalized spacial score (nSPS) is 22.7. The van der Waals surface area contributed by atoms with Gasteiger partial charge in [0.1, 0.15) is 0 Å². The van der Waals surface area contributed by atoms with Gasteiger partial charge in [0, 0.05) is 32.9 Å². The quantitative estimate of drug-likeness (QED) is 0.800. The molecule has 0 bridgehead atoms. The maximum absolute atomic E-state index is 12.3. The summed E-state index contributed by atoms with van der Waals surface area (Å²) in [6, 6.07) is 5.32. The molecule has 0 aromatic heterocycles. The van der Waals surface area contributed by atoms with E-state index in [-0.39, 0.29) is 5.91 Å². The first-order valence-corrected chi connectivity index (χ1v) is 6.89. The number of anilines is 2. The second kappa shape index (κ2) is 5.32. The summed E-state index contributed by atoms with van der Waals surface area (Å²) in [6.07, 6.45) is 1.68. The zero-order valence-electron chi connectivity index (χ0n) is 12.4. The first-order valence-electron chi connectivity index (χ1n) is 6.89. The zero-order chi connectivity index (χ0) is 14.9. The molecule has 0 spiro atoms. The molecular weight excluding hydrogens is 254 g/mol. The van der Waals surface area contributed by atoms with Crippen molar-refractivity contribution in [3.63, 3.8) is 0 Å². The molecule has 20 heavy (non-hydrogen) atoms. The van der Waals surface area contributed by atoms with Crippen LogP contribution in [-0.4, -0.2) is 48.7 Å². The number of β-amino-alcohol motifs (C(OH)–C–C–N with tert-alkyl or cyclic N) is 1. The Bertz CT molecular complexity index is 512. The van der Waals surface area contributed by atoms with Gasteiger partial charge >= 0.3 is 0 Å². The number of amides is 1. The Morgan fingerprint density at radius 1 is 1.45 bits per heavy atom. The minimum Gasteiger partial charge on any atom is -0.399 e. The lowest BCUT2D eigenvalue weighted by Crippen LogP contribution is -2.46. The number of hydrogen-bond acceptors (Lipinski definition) is 4. The highest BCUT2D eigenvalue weighted by atomic mass is 16.3. The fraction of sp³-hybridized carbons (Fsp3) is 0.533. The van der Waals surface area contributed by atoms with Crippen LogP contribution in [-0.2, 0) is 0 Å². The van der Waals surface area contributed by atoms with Gasteiger partial charge in [-0.3, -0.25) is 4.79 Å². The van der Waals surface area contributed by atoms with E-state index in [2.05, 4.69) is 4.90 Å². The second-order valence-electron chi connectivity index (χ2n) is 6.00. The summed E-state index contributed by atoms with van der Waals surface area (Å²) in [4.78, 5) is 15.9. The monoisotopic (exact) mass is 277 g/mol. The van der Waals surface area contributed by atoms with Gasteiger partial charge in [0.25, 0.3) is 5.91 Å². The summed E-state index contributed by atoms with van der Waals surface area (Å²) in [5, 5.41) is 10.2. The van der Waals surface area contributed by atoms with Gasteiger partial charge in [-0.15, -0.1) is 0 Å². The molecule has 0 radical (unpaired) electrons. The Hall–Kier alpha value is -1.75. The van der Waals surface area contributed by atoms with Gasteiger partial charge in [-0.1, -0.05) is 0 Å². The van der Waals surface area contributed by atoms with Gasteiger partial charge in [0.05, 0.1) is 16.9 Å². The molecule has 1 aromatic carbocycles. The molecule has 5 nitrogen and oxygen atoms in total. The third-order valence-corrected chi connectivity index (χ3v) is 3.67. The van der Waals surface area contributed by atoms with Gasteiger partial charge in [-0.2, -0.15) is 0 Å². The van der Waals surface area contributed by atoms with Crippen LogP contribution in [0.2, 0.25) is 0 Å². The largest absolute Gasteiger partial charge is 0.399 e. The van der Waals surface area contributed by atoms with Crippen LogP contribution in [0, 0.1) is 0 Å². The number of nitrogen functional groups attached to an aromatic ring is 1. The lowest BCUT2D eigenvalue weighted by atomic mass is 9.94. The van der Waals surface area contributed by atoms with Crippen molar-refractivity contribution in [2.24, 2.45) is 0 Å². The first kappa shape index (κ1) is 14.7. The zero-order valence-corrected chi connectivity index (χ0v) is 12.4. The Morgan fingerprint density at radius 3 is 2.75 bits per heavy atom. The third-order valence-electron chi connectivity index (χ3n) is 3.67. The standard InChI is InChI=1S/C15H23N3O2/c1-15(20)7-4-8-18(10-15)13-9-11(16)5-6-12(13)14(19)17(2)3/h5-6,9,20H,4,7-8,10,16H2,1-3H3. The molecular formula is C15H23N3O2. The molecule has 1 heterocycles. The average molecular weight is 277 g/mol. The van der Waals surface area contributed by atoms with E-state index >= 15 is 0 Å². The smallest absolute Gasteiger partial charge is 0.255 e. The summed E-state index contributed by atoms with van der Waals surface area (Å²) in [5.74, 6) is -0.0507. The molecule has 1 saturated heterocycles. The molecule has 1 aliphatic rings. The van der Waals surface area contributed by atoms with Crippen LogP contribution in [0.5, 0.6) is 0 Å². The van der Waals surface area contributed by atoms with E-state index in [1.54, 1.807) is 31.1 Å². The summed E-state index contributed by atoms with van der Waals surface area (Å²) in [7, 11) is 3.46. The van der Waals surface area contributed by atoms with Crippen LogP contribution >= 0.6 is 0 Å². The molecule has 110 valence electrons. The highest BCUT2D eigenvalue weighted by Crippen LogP contribution is 2.30. The summed E-state index contributed by atoms with van der Waals surface area (Å²) in [5.41, 5.74) is 7.20. The van der Waals surface area contributed by atoms with E-state index in [9.17, 15) is 9.90 Å². The summed E-state index contributed by atoms with van der Waals surface area (Å²) in [6.45, 7) is 3.18. The number of nitrogens with two attached hydrogens (primary N) is 1. The fourth-order valence-electron chi connectivity index (χ4n) is 2.66. The molecule has 0 saturated carbocycles. The van der Waals surface area contributed by atoms with Gasteiger partial charge in [0.15, 0.2) is 0 Å². The van der Waals surface area contributed by atoms with Crippen LogP contribution in [0.1, 0.15) is 30.1 Å². The van der Waals surface area contributed by atoms with E-state index in [1.807, 2.05) is 13.0 Å². The molecule has 3 N–H and O–H groups in total. The van der Waals surface area contributed by atoms with Crippen molar-refractivity contribution in [3.05, 3.63) is 23.8 Å². The summed E-state index contributed by atoms with van der Waals surface area (Å²) < 4.78 is 0. The summed E-state index contributed by atoms with van der Waals surface area (Å²) >= 11 is 0. The van der Waals surface area contributed by atoms with Crippen LogP contribution < -0.4 is 10.6 Å². The Labute approximate surface area is 120 Å². The molecule has 0 aliphatic carbocycles. The van der Waals surface area contributed by atoms with Crippen LogP contribution in [0.25, 0.3) is 0 Å². The van der Waals surface area contributed by atoms with E-state index in [4.69, 9.17) is 5.73 Å². The van der Waals surface area contributed by atoms with Crippen LogP contribution in [0.4, 0.5) is 11.4 Å². The van der Waals surface area contributed by atoms with Gasteiger partial charge in [0.2, 0.25) is 0 Å². The van der Waals surface area contributed by atoms with Crippen LogP contribution in [0.3, 0.4) is 0 Å². The number of aliphatic hydroxyl groups is 1. The number of benzene rings is 1. The maximum Gasteiger partial charge on any atom is 0.255 e. The number of piperidine rings is 1. The minimum atomic E-state index is -0.721. The number of carbonyl (C=O) groups is 1. The average Bonchev–Trinajstić information content (AvgIpc) is 2.36.